The first-order valence-corrected chi connectivity index (χ1v) is 9.36. The smallest absolute Gasteiger partial charge is 0.237 e. The number of carbonyl (C=O) groups excluding carboxylic acids is 2. The predicted molar refractivity (Wildman–Crippen MR) is 106 cm³/mol. The molecule has 0 saturated carbocycles. The number of imidazole rings is 1. The van der Waals surface area contributed by atoms with Crippen LogP contribution in [0.2, 0.25) is 0 Å². The molecule has 1 fully saturated rings. The molecule has 1 aliphatic rings. The number of rotatable bonds is 3. The Bertz CT molecular complexity index is 1050. The van der Waals surface area contributed by atoms with Crippen molar-refractivity contribution in [3.63, 3.8) is 0 Å². The van der Waals surface area contributed by atoms with Crippen LogP contribution in [0.5, 0.6) is 0 Å². The van der Waals surface area contributed by atoms with E-state index in [1.807, 2.05) is 50.2 Å². The fourth-order valence-electron chi connectivity index (χ4n) is 3.82. The Morgan fingerprint density at radius 3 is 2.70 bits per heavy atom. The van der Waals surface area contributed by atoms with Gasteiger partial charge in [-0.05, 0) is 55.2 Å². The minimum Gasteiger partial charge on any atom is -0.311 e. The van der Waals surface area contributed by atoms with E-state index >= 15 is 0 Å². The molecule has 1 saturated heterocycles. The summed E-state index contributed by atoms with van der Waals surface area (Å²) in [5.41, 5.74) is 5.93. The molecule has 27 heavy (non-hydrogen) atoms. The molecule has 0 aliphatic carbocycles. The van der Waals surface area contributed by atoms with Gasteiger partial charge in [0, 0.05) is 18.7 Å². The van der Waals surface area contributed by atoms with Gasteiger partial charge in [-0.15, -0.1) is 0 Å². The van der Waals surface area contributed by atoms with Crippen LogP contribution < -0.4 is 4.90 Å². The highest BCUT2D eigenvalue weighted by Gasteiger charge is 2.36. The quantitative estimate of drug-likeness (QED) is 0.711. The Morgan fingerprint density at radius 1 is 1.19 bits per heavy atom. The van der Waals surface area contributed by atoms with E-state index < -0.39 is 0 Å². The molecular formula is C22H23N3O2. The lowest BCUT2D eigenvalue weighted by molar-refractivity contribution is -0.117. The number of hydrogen-bond acceptors (Lipinski definition) is 3. The van der Waals surface area contributed by atoms with Gasteiger partial charge >= 0.3 is 0 Å². The van der Waals surface area contributed by atoms with Crippen molar-refractivity contribution >= 4 is 28.5 Å². The van der Waals surface area contributed by atoms with Crippen LogP contribution in [-0.2, 0) is 11.2 Å². The van der Waals surface area contributed by atoms with E-state index in [2.05, 4.69) is 11.9 Å². The number of aryl methyl sites for hydroxylation is 3. The van der Waals surface area contributed by atoms with Crippen LogP contribution in [0.15, 0.2) is 42.7 Å². The van der Waals surface area contributed by atoms with Crippen LogP contribution in [-0.4, -0.2) is 27.9 Å². The van der Waals surface area contributed by atoms with E-state index in [0.29, 0.717) is 6.54 Å². The zero-order valence-electron chi connectivity index (χ0n) is 15.9. The minimum absolute atomic E-state index is 0.00527. The van der Waals surface area contributed by atoms with Crippen LogP contribution in [0.4, 0.5) is 5.69 Å². The number of anilines is 1. The van der Waals surface area contributed by atoms with E-state index in [0.717, 1.165) is 39.8 Å². The van der Waals surface area contributed by atoms with Gasteiger partial charge in [0.05, 0.1) is 17.0 Å². The third-order valence-electron chi connectivity index (χ3n) is 5.54. The van der Waals surface area contributed by atoms with Crippen LogP contribution >= 0.6 is 0 Å². The van der Waals surface area contributed by atoms with Gasteiger partial charge < -0.3 is 4.90 Å². The number of para-hydroxylation sites is 1. The molecule has 1 aromatic heterocycles. The summed E-state index contributed by atoms with van der Waals surface area (Å²) < 4.78 is 1.61. The number of hydrogen-bond donors (Lipinski definition) is 0. The van der Waals surface area contributed by atoms with Crippen molar-refractivity contribution in [3.05, 3.63) is 59.4 Å². The number of benzene rings is 2. The Balaban J connectivity index is 1.64. The molecule has 4 rings (SSSR count). The van der Waals surface area contributed by atoms with Crippen molar-refractivity contribution in [2.45, 2.75) is 33.6 Å². The summed E-state index contributed by atoms with van der Waals surface area (Å²) in [5.74, 6) is -0.419. The van der Waals surface area contributed by atoms with Gasteiger partial charge in [0.2, 0.25) is 11.8 Å². The zero-order chi connectivity index (χ0) is 19.1. The van der Waals surface area contributed by atoms with Crippen molar-refractivity contribution in [2.24, 2.45) is 5.92 Å². The third kappa shape index (κ3) is 2.93. The highest BCUT2D eigenvalue weighted by molar-refractivity contribution is 6.02. The monoisotopic (exact) mass is 361 g/mol. The van der Waals surface area contributed by atoms with Crippen molar-refractivity contribution in [3.8, 4) is 0 Å². The maximum atomic E-state index is 13.1. The van der Waals surface area contributed by atoms with E-state index in [4.69, 9.17) is 0 Å². The Hall–Kier alpha value is -2.95. The molecule has 0 bridgehead atoms. The normalized spacial score (nSPS) is 17.1. The molecular weight excluding hydrogens is 338 g/mol. The molecule has 1 unspecified atom stereocenters. The van der Waals surface area contributed by atoms with E-state index in [1.165, 1.54) is 0 Å². The first-order chi connectivity index (χ1) is 13.0. The highest BCUT2D eigenvalue weighted by Crippen LogP contribution is 2.30. The fraction of sp³-hybridized carbons (Fsp3) is 0.318. The molecule has 1 aliphatic heterocycles. The van der Waals surface area contributed by atoms with Gasteiger partial charge in [-0.25, -0.2) is 4.98 Å². The maximum absolute atomic E-state index is 13.1. The lowest BCUT2D eigenvalue weighted by Crippen LogP contribution is -2.28. The molecule has 0 N–H and O–H groups in total. The molecule has 1 atom stereocenters. The highest BCUT2D eigenvalue weighted by atomic mass is 16.2. The third-order valence-corrected chi connectivity index (χ3v) is 5.54. The number of carbonyl (C=O) groups is 2. The van der Waals surface area contributed by atoms with Gasteiger partial charge in [-0.3, -0.25) is 14.2 Å². The molecule has 0 spiro atoms. The lowest BCUT2D eigenvalue weighted by atomic mass is 10.1. The average Bonchev–Trinajstić information content (AvgIpc) is 3.25. The second kappa shape index (κ2) is 6.65. The van der Waals surface area contributed by atoms with Crippen LogP contribution in [0.3, 0.4) is 0 Å². The summed E-state index contributed by atoms with van der Waals surface area (Å²) in [6, 6.07) is 11.9. The molecule has 2 aromatic carbocycles. The Kier molecular flexibility index (Phi) is 4.30. The Labute approximate surface area is 158 Å². The number of fused-ring (bicyclic) bond motifs is 1. The van der Waals surface area contributed by atoms with Crippen molar-refractivity contribution in [1.82, 2.24) is 9.55 Å². The molecule has 5 nitrogen and oxygen atoms in total. The summed E-state index contributed by atoms with van der Waals surface area (Å²) in [6.45, 7) is 6.55. The van der Waals surface area contributed by atoms with Gasteiger partial charge in [-0.1, -0.05) is 25.1 Å². The summed E-state index contributed by atoms with van der Waals surface area (Å²) in [7, 11) is 0. The zero-order valence-corrected chi connectivity index (χ0v) is 15.9. The molecule has 1 amide bonds. The van der Waals surface area contributed by atoms with Gasteiger partial charge in [-0.2, -0.15) is 0 Å². The number of nitrogens with zero attached hydrogens (tertiary/aromatic N) is 3. The SMILES string of the molecule is CCc1ccccc1N1CC(C(=O)n2cnc3cc(C)c(C)cc32)CC1=O. The van der Waals surface area contributed by atoms with Crippen molar-refractivity contribution in [1.29, 1.82) is 0 Å². The predicted octanol–water partition coefficient (Wildman–Crippen LogP) is 3.91. The number of amides is 1. The summed E-state index contributed by atoms with van der Waals surface area (Å²) in [6.07, 6.45) is 2.67. The van der Waals surface area contributed by atoms with Gasteiger partial charge in [0.1, 0.15) is 6.33 Å². The first kappa shape index (κ1) is 17.5. The lowest BCUT2D eigenvalue weighted by Gasteiger charge is -2.20. The topological polar surface area (TPSA) is 55.2 Å². The second-order valence-corrected chi connectivity index (χ2v) is 7.27. The standard InChI is InChI=1S/C22H23N3O2/c1-4-16-7-5-6-8-19(16)24-12-17(11-21(24)26)22(27)25-13-23-18-9-14(2)15(3)10-20(18)25/h5-10,13,17H,4,11-12H2,1-3H3. The molecule has 2 heterocycles. The molecule has 0 radical (unpaired) electrons. The summed E-state index contributed by atoms with van der Waals surface area (Å²) in [5, 5.41) is 0. The first-order valence-electron chi connectivity index (χ1n) is 9.36. The second-order valence-electron chi connectivity index (χ2n) is 7.27. The average molecular weight is 361 g/mol. The van der Waals surface area contributed by atoms with Crippen molar-refractivity contribution < 1.29 is 9.59 Å². The summed E-state index contributed by atoms with van der Waals surface area (Å²) >= 11 is 0. The van der Waals surface area contributed by atoms with E-state index in [1.54, 1.807) is 15.8 Å². The molecule has 3 aromatic rings. The fourth-order valence-corrected chi connectivity index (χ4v) is 3.82. The van der Waals surface area contributed by atoms with Crippen molar-refractivity contribution in [2.75, 3.05) is 11.4 Å². The molecule has 5 heteroatoms. The van der Waals surface area contributed by atoms with Crippen LogP contribution in [0, 0.1) is 19.8 Å². The van der Waals surface area contributed by atoms with Gasteiger partial charge in [0.15, 0.2) is 0 Å². The van der Waals surface area contributed by atoms with Gasteiger partial charge in [0.25, 0.3) is 0 Å². The number of aromatic nitrogens is 2. The van der Waals surface area contributed by atoms with E-state index in [-0.39, 0.29) is 24.2 Å². The summed E-state index contributed by atoms with van der Waals surface area (Å²) in [4.78, 5) is 31.9. The minimum atomic E-state index is -0.360. The Morgan fingerprint density at radius 2 is 1.93 bits per heavy atom. The maximum Gasteiger partial charge on any atom is 0.237 e. The van der Waals surface area contributed by atoms with Crippen LogP contribution in [0.1, 0.15) is 34.8 Å². The van der Waals surface area contributed by atoms with E-state index in [9.17, 15) is 9.59 Å². The molecule has 138 valence electrons. The van der Waals surface area contributed by atoms with Crippen LogP contribution in [0.25, 0.3) is 11.0 Å². The largest absolute Gasteiger partial charge is 0.311 e.